The maximum absolute atomic E-state index is 11.5. The van der Waals surface area contributed by atoms with Gasteiger partial charge in [0.05, 0.1) is 0 Å². The first-order chi connectivity index (χ1) is 6.88. The van der Waals surface area contributed by atoms with Crippen molar-refractivity contribution in [2.45, 2.75) is 33.2 Å². The minimum atomic E-state index is -1.01. The molecular formula is C10H20N2O3. The number of likely N-dealkylation sites (N-methyl/N-ethyl adjacent to an activating group) is 1. The molecule has 2 amide bonds. The first-order valence-corrected chi connectivity index (χ1v) is 5.11. The number of urea groups is 1. The van der Waals surface area contributed by atoms with E-state index < -0.39 is 5.97 Å². The van der Waals surface area contributed by atoms with Gasteiger partial charge in [0, 0.05) is 13.1 Å². The number of amides is 2. The number of carbonyl (C=O) groups is 2. The van der Waals surface area contributed by atoms with Gasteiger partial charge in [0.25, 0.3) is 0 Å². The lowest BCUT2D eigenvalue weighted by Crippen LogP contribution is -2.45. The van der Waals surface area contributed by atoms with Crippen molar-refractivity contribution < 1.29 is 14.7 Å². The van der Waals surface area contributed by atoms with E-state index in [4.69, 9.17) is 5.11 Å². The number of nitrogens with zero attached hydrogens (tertiary/aromatic N) is 1. The van der Waals surface area contributed by atoms with Crippen molar-refractivity contribution in [3.8, 4) is 0 Å². The summed E-state index contributed by atoms with van der Waals surface area (Å²) in [4.78, 5) is 23.0. The van der Waals surface area contributed by atoms with E-state index in [1.165, 1.54) is 7.05 Å². The third kappa shape index (κ3) is 5.24. The lowest BCUT2D eigenvalue weighted by atomic mass is 10.0. The number of hydrogen-bond acceptors (Lipinski definition) is 2. The van der Waals surface area contributed by atoms with Crippen molar-refractivity contribution in [3.63, 3.8) is 0 Å². The second kappa shape index (κ2) is 6.27. The zero-order valence-electron chi connectivity index (χ0n) is 9.78. The van der Waals surface area contributed by atoms with E-state index in [2.05, 4.69) is 5.32 Å². The molecule has 0 saturated heterocycles. The van der Waals surface area contributed by atoms with Crippen LogP contribution >= 0.6 is 0 Å². The molecule has 0 aliphatic heterocycles. The molecule has 0 aromatic carbocycles. The minimum Gasteiger partial charge on any atom is -0.480 e. The molecule has 0 heterocycles. The maximum Gasteiger partial charge on any atom is 0.323 e. The Balaban J connectivity index is 4.06. The fourth-order valence-electron chi connectivity index (χ4n) is 1.08. The summed E-state index contributed by atoms with van der Waals surface area (Å²) in [6.45, 7) is 5.73. The van der Waals surface area contributed by atoms with Crippen LogP contribution in [0.3, 0.4) is 0 Å². The van der Waals surface area contributed by atoms with Gasteiger partial charge in [0.1, 0.15) is 6.54 Å². The monoisotopic (exact) mass is 216 g/mol. The Morgan fingerprint density at radius 1 is 1.40 bits per heavy atom. The molecule has 0 saturated carbocycles. The van der Waals surface area contributed by atoms with Gasteiger partial charge in [-0.05, 0) is 12.8 Å². The summed E-state index contributed by atoms with van der Waals surface area (Å²) in [6, 6.07) is -0.288. The van der Waals surface area contributed by atoms with Gasteiger partial charge in [-0.1, -0.05) is 20.3 Å². The third-order valence-corrected chi connectivity index (χ3v) is 2.57. The zero-order chi connectivity index (χ0) is 12.0. The standard InChI is InChI=1S/C10H20N2O3/c1-5-7(2)8(3)11-10(15)12(4)6-9(13)14/h7-8H,5-6H2,1-4H3,(H,11,15)(H,13,14). The zero-order valence-corrected chi connectivity index (χ0v) is 9.78. The predicted molar refractivity (Wildman–Crippen MR) is 57.7 cm³/mol. The fraction of sp³-hybridized carbons (Fsp3) is 0.800. The normalized spacial score (nSPS) is 14.1. The molecule has 15 heavy (non-hydrogen) atoms. The van der Waals surface area contributed by atoms with Gasteiger partial charge in [-0.2, -0.15) is 0 Å². The van der Waals surface area contributed by atoms with E-state index in [-0.39, 0.29) is 18.6 Å². The molecule has 0 fully saturated rings. The molecule has 5 heteroatoms. The number of carbonyl (C=O) groups excluding carboxylic acids is 1. The van der Waals surface area contributed by atoms with Gasteiger partial charge in [0.2, 0.25) is 0 Å². The van der Waals surface area contributed by atoms with Crippen LogP contribution in [-0.4, -0.2) is 41.6 Å². The molecule has 2 atom stereocenters. The Morgan fingerprint density at radius 2 is 1.93 bits per heavy atom. The lowest BCUT2D eigenvalue weighted by Gasteiger charge is -2.23. The molecule has 0 aliphatic carbocycles. The van der Waals surface area contributed by atoms with Gasteiger partial charge in [-0.15, -0.1) is 0 Å². The number of carboxylic acid groups (broad SMARTS) is 1. The van der Waals surface area contributed by atoms with Gasteiger partial charge < -0.3 is 15.3 Å². The summed E-state index contributed by atoms with van der Waals surface area (Å²) in [7, 11) is 1.47. The highest BCUT2D eigenvalue weighted by Crippen LogP contribution is 2.06. The van der Waals surface area contributed by atoms with Crippen molar-refractivity contribution >= 4 is 12.0 Å². The van der Waals surface area contributed by atoms with Gasteiger partial charge in [-0.3, -0.25) is 4.79 Å². The van der Waals surface area contributed by atoms with E-state index in [0.29, 0.717) is 5.92 Å². The van der Waals surface area contributed by atoms with Crippen molar-refractivity contribution in [2.75, 3.05) is 13.6 Å². The molecule has 2 unspecified atom stereocenters. The number of nitrogens with one attached hydrogen (secondary N) is 1. The SMILES string of the molecule is CCC(C)C(C)NC(=O)N(C)CC(=O)O. The van der Waals surface area contributed by atoms with Crippen molar-refractivity contribution in [3.05, 3.63) is 0 Å². The molecule has 0 rings (SSSR count). The molecular weight excluding hydrogens is 196 g/mol. The smallest absolute Gasteiger partial charge is 0.323 e. The number of carboxylic acids is 1. The largest absolute Gasteiger partial charge is 0.480 e. The van der Waals surface area contributed by atoms with Crippen molar-refractivity contribution in [2.24, 2.45) is 5.92 Å². The summed E-state index contributed by atoms with van der Waals surface area (Å²) in [6.07, 6.45) is 0.976. The van der Waals surface area contributed by atoms with Crippen LogP contribution in [0.2, 0.25) is 0 Å². The van der Waals surface area contributed by atoms with Crippen LogP contribution in [0.15, 0.2) is 0 Å². The molecule has 0 radical (unpaired) electrons. The van der Waals surface area contributed by atoms with Gasteiger partial charge in [-0.25, -0.2) is 4.79 Å². The summed E-state index contributed by atoms with van der Waals surface area (Å²) in [5.41, 5.74) is 0. The first-order valence-electron chi connectivity index (χ1n) is 5.11. The Kier molecular flexibility index (Phi) is 5.74. The highest BCUT2D eigenvalue weighted by molar-refractivity contribution is 5.79. The van der Waals surface area contributed by atoms with Crippen LogP contribution in [0.25, 0.3) is 0 Å². The van der Waals surface area contributed by atoms with Crippen molar-refractivity contribution in [1.82, 2.24) is 10.2 Å². The highest BCUT2D eigenvalue weighted by atomic mass is 16.4. The van der Waals surface area contributed by atoms with Crippen LogP contribution < -0.4 is 5.32 Å². The van der Waals surface area contributed by atoms with Crippen LogP contribution in [-0.2, 0) is 4.79 Å². The maximum atomic E-state index is 11.5. The molecule has 0 aliphatic rings. The summed E-state index contributed by atoms with van der Waals surface area (Å²) >= 11 is 0. The molecule has 5 nitrogen and oxygen atoms in total. The predicted octanol–water partition coefficient (Wildman–Crippen LogP) is 1.15. The summed E-state index contributed by atoms with van der Waals surface area (Å²) in [5.74, 6) is -0.629. The lowest BCUT2D eigenvalue weighted by molar-refractivity contribution is -0.137. The van der Waals surface area contributed by atoms with E-state index in [1.807, 2.05) is 20.8 Å². The molecule has 0 spiro atoms. The van der Waals surface area contributed by atoms with Crippen LogP contribution in [0.5, 0.6) is 0 Å². The molecule has 2 N–H and O–H groups in total. The average Bonchev–Trinajstić information content (AvgIpc) is 2.15. The third-order valence-electron chi connectivity index (χ3n) is 2.57. The van der Waals surface area contributed by atoms with E-state index in [9.17, 15) is 9.59 Å². The number of aliphatic carboxylic acids is 1. The van der Waals surface area contributed by atoms with E-state index in [1.54, 1.807) is 0 Å². The second-order valence-corrected chi connectivity index (χ2v) is 3.87. The Labute approximate surface area is 90.5 Å². The molecule has 0 aromatic heterocycles. The van der Waals surface area contributed by atoms with Gasteiger partial charge >= 0.3 is 12.0 Å². The van der Waals surface area contributed by atoms with Crippen LogP contribution in [0.4, 0.5) is 4.79 Å². The highest BCUT2D eigenvalue weighted by Gasteiger charge is 2.17. The Bertz CT molecular complexity index is 231. The topological polar surface area (TPSA) is 69.6 Å². The van der Waals surface area contributed by atoms with E-state index >= 15 is 0 Å². The number of rotatable bonds is 5. The average molecular weight is 216 g/mol. The molecule has 0 bridgehead atoms. The summed E-state index contributed by atoms with van der Waals surface area (Å²) in [5, 5.41) is 11.3. The Morgan fingerprint density at radius 3 is 2.33 bits per heavy atom. The van der Waals surface area contributed by atoms with E-state index in [0.717, 1.165) is 11.3 Å². The van der Waals surface area contributed by atoms with Crippen LogP contribution in [0.1, 0.15) is 27.2 Å². The first kappa shape index (κ1) is 13.7. The molecule has 88 valence electrons. The fourth-order valence-corrected chi connectivity index (χ4v) is 1.08. The second-order valence-electron chi connectivity index (χ2n) is 3.87. The molecule has 0 aromatic rings. The quantitative estimate of drug-likeness (QED) is 0.724. The number of hydrogen-bond donors (Lipinski definition) is 2. The van der Waals surface area contributed by atoms with Crippen molar-refractivity contribution in [1.29, 1.82) is 0 Å². The summed E-state index contributed by atoms with van der Waals surface area (Å²) < 4.78 is 0. The van der Waals surface area contributed by atoms with Gasteiger partial charge in [0.15, 0.2) is 0 Å². The Hall–Kier alpha value is -1.26. The van der Waals surface area contributed by atoms with Crippen LogP contribution in [0, 0.1) is 5.92 Å². The minimum absolute atomic E-state index is 0.0544.